The number of methoxy groups -OCH3 is 1. The fourth-order valence-electron chi connectivity index (χ4n) is 4.00. The molecule has 0 amide bonds. The van der Waals surface area contributed by atoms with Crippen LogP contribution in [-0.4, -0.2) is 55.0 Å². The Kier molecular flexibility index (Phi) is 9.55. The lowest BCUT2D eigenvalue weighted by atomic mass is 9.99. The van der Waals surface area contributed by atoms with Crippen LogP contribution in [0.25, 0.3) is 0 Å². The highest BCUT2D eigenvalue weighted by Crippen LogP contribution is 2.35. The second-order valence-electron chi connectivity index (χ2n) is 8.48. The van der Waals surface area contributed by atoms with Crippen molar-refractivity contribution in [3.8, 4) is 0 Å². The Hall–Kier alpha value is -2.13. The third-order valence-corrected chi connectivity index (χ3v) is 5.44. The van der Waals surface area contributed by atoms with Crippen LogP contribution in [0.1, 0.15) is 37.8 Å². The molecule has 2 aromatic rings. The minimum atomic E-state index is -1.28. The molecule has 1 N–H and O–H groups in total. The van der Waals surface area contributed by atoms with E-state index in [9.17, 15) is 9.90 Å². The molecule has 7 nitrogen and oxygen atoms in total. The molecular weight excluding hydrogens is 424 g/mol. The zero-order chi connectivity index (χ0) is 23.7. The molecule has 0 aromatic heterocycles. The third kappa shape index (κ3) is 7.71. The van der Waals surface area contributed by atoms with Crippen LogP contribution >= 0.6 is 0 Å². The molecule has 180 valence electrons. The van der Waals surface area contributed by atoms with Crippen molar-refractivity contribution in [2.45, 2.75) is 70.3 Å². The Bertz CT molecular complexity index is 844. The highest BCUT2D eigenvalue weighted by Gasteiger charge is 2.49. The van der Waals surface area contributed by atoms with Crippen molar-refractivity contribution in [2.75, 3.05) is 13.7 Å². The molecule has 1 unspecified atom stereocenters. The van der Waals surface area contributed by atoms with Crippen LogP contribution in [0.4, 0.5) is 0 Å². The Morgan fingerprint density at radius 2 is 1.70 bits per heavy atom. The lowest BCUT2D eigenvalue weighted by Gasteiger charge is -2.46. The minimum Gasteiger partial charge on any atom is -0.390 e. The highest BCUT2D eigenvalue weighted by molar-refractivity contribution is 5.75. The van der Waals surface area contributed by atoms with Crippen molar-refractivity contribution in [3.05, 3.63) is 71.8 Å². The summed E-state index contributed by atoms with van der Waals surface area (Å²) in [6.45, 7) is 4.05. The molecule has 33 heavy (non-hydrogen) atoms. The van der Waals surface area contributed by atoms with E-state index < -0.39 is 30.4 Å². The zero-order valence-electron chi connectivity index (χ0n) is 19.5. The van der Waals surface area contributed by atoms with Gasteiger partial charge in [0.15, 0.2) is 12.1 Å². The lowest BCUT2D eigenvalue weighted by molar-refractivity contribution is -0.388. The average molecular weight is 459 g/mol. The van der Waals surface area contributed by atoms with Gasteiger partial charge in [0, 0.05) is 20.0 Å². The van der Waals surface area contributed by atoms with Gasteiger partial charge in [-0.3, -0.25) is 4.79 Å². The van der Waals surface area contributed by atoms with Crippen LogP contribution < -0.4 is 0 Å². The van der Waals surface area contributed by atoms with Gasteiger partial charge in [-0.05, 0) is 25.0 Å². The first-order valence-electron chi connectivity index (χ1n) is 11.2. The minimum absolute atomic E-state index is 0.00609. The average Bonchev–Trinajstić information content (AvgIpc) is 2.79. The molecule has 0 saturated carbocycles. The van der Waals surface area contributed by atoms with E-state index in [0.29, 0.717) is 13.2 Å². The molecule has 1 heterocycles. The van der Waals surface area contributed by atoms with E-state index in [4.69, 9.17) is 23.7 Å². The van der Waals surface area contributed by atoms with E-state index >= 15 is 0 Å². The van der Waals surface area contributed by atoms with Crippen LogP contribution in [0.15, 0.2) is 60.7 Å². The van der Waals surface area contributed by atoms with Gasteiger partial charge < -0.3 is 28.8 Å². The Morgan fingerprint density at radius 1 is 1.09 bits per heavy atom. The molecule has 1 aliphatic rings. The van der Waals surface area contributed by atoms with Gasteiger partial charge in [-0.2, -0.15) is 0 Å². The van der Waals surface area contributed by atoms with Gasteiger partial charge >= 0.3 is 0 Å². The predicted molar refractivity (Wildman–Crippen MR) is 122 cm³/mol. The van der Waals surface area contributed by atoms with E-state index in [1.54, 1.807) is 6.92 Å². The molecule has 1 aliphatic heterocycles. The predicted octanol–water partition coefficient (Wildman–Crippen LogP) is 3.62. The molecule has 0 aliphatic carbocycles. The molecule has 0 bridgehead atoms. The van der Waals surface area contributed by atoms with Crippen molar-refractivity contribution in [2.24, 2.45) is 0 Å². The summed E-state index contributed by atoms with van der Waals surface area (Å²) in [6.07, 6.45) is -2.58. The zero-order valence-corrected chi connectivity index (χ0v) is 19.5. The number of hydrogen-bond acceptors (Lipinski definition) is 7. The van der Waals surface area contributed by atoms with Gasteiger partial charge in [-0.1, -0.05) is 60.7 Å². The Morgan fingerprint density at radius 3 is 2.27 bits per heavy atom. The maximum Gasteiger partial charge on any atom is 0.197 e. The smallest absolute Gasteiger partial charge is 0.197 e. The van der Waals surface area contributed by atoms with Crippen molar-refractivity contribution >= 4 is 5.78 Å². The molecule has 1 saturated heterocycles. The fourth-order valence-corrected chi connectivity index (χ4v) is 4.00. The van der Waals surface area contributed by atoms with Crippen molar-refractivity contribution in [1.82, 2.24) is 0 Å². The van der Waals surface area contributed by atoms with Gasteiger partial charge in [0.1, 0.15) is 18.5 Å². The normalized spacial score (nSPS) is 26.1. The van der Waals surface area contributed by atoms with Crippen molar-refractivity contribution < 1.29 is 33.6 Å². The number of aliphatic hydroxyl groups excluding tert-OH is 1. The van der Waals surface area contributed by atoms with Gasteiger partial charge in [0.05, 0.1) is 25.4 Å². The number of carbonyl (C=O) groups is 1. The number of rotatable bonds is 12. The molecule has 7 heteroatoms. The van der Waals surface area contributed by atoms with Crippen LogP contribution in [0, 0.1) is 0 Å². The Labute approximate surface area is 195 Å². The summed E-state index contributed by atoms with van der Waals surface area (Å²) < 4.78 is 29.8. The van der Waals surface area contributed by atoms with Gasteiger partial charge in [0.2, 0.25) is 0 Å². The molecule has 0 spiro atoms. The maximum absolute atomic E-state index is 11.6. The molecule has 5 atom stereocenters. The summed E-state index contributed by atoms with van der Waals surface area (Å²) in [5.41, 5.74) is 1.99. The fraction of sp³-hybridized carbons (Fsp3) is 0.500. The first-order valence-corrected chi connectivity index (χ1v) is 11.2. The number of hydrogen-bond donors (Lipinski definition) is 1. The lowest BCUT2D eigenvalue weighted by Crippen LogP contribution is -2.59. The highest BCUT2D eigenvalue weighted by atomic mass is 16.8. The largest absolute Gasteiger partial charge is 0.390 e. The molecule has 2 aromatic carbocycles. The monoisotopic (exact) mass is 458 g/mol. The third-order valence-electron chi connectivity index (χ3n) is 5.44. The number of Topliss-reactive ketones (excluding diaryl/α,β-unsaturated/α-hetero) is 1. The Balaban J connectivity index is 1.70. The van der Waals surface area contributed by atoms with E-state index in [0.717, 1.165) is 11.1 Å². The topological polar surface area (TPSA) is 83.5 Å². The summed E-state index contributed by atoms with van der Waals surface area (Å²) >= 11 is 0. The van der Waals surface area contributed by atoms with Crippen LogP contribution in [0.2, 0.25) is 0 Å². The van der Waals surface area contributed by atoms with Gasteiger partial charge in [-0.15, -0.1) is 0 Å². The quantitative estimate of drug-likeness (QED) is 0.520. The maximum atomic E-state index is 11.6. The van der Waals surface area contributed by atoms with Crippen molar-refractivity contribution in [3.63, 3.8) is 0 Å². The number of ether oxygens (including phenoxy) is 5. The summed E-state index contributed by atoms with van der Waals surface area (Å²) in [4.78, 5) is 11.6. The summed E-state index contributed by atoms with van der Waals surface area (Å²) in [5, 5.41) is 11.0. The number of carbonyl (C=O) groups excluding carboxylic acids is 1. The van der Waals surface area contributed by atoms with Crippen LogP contribution in [0.3, 0.4) is 0 Å². The second-order valence-corrected chi connectivity index (χ2v) is 8.48. The molecule has 3 rings (SSSR count). The summed E-state index contributed by atoms with van der Waals surface area (Å²) in [5.74, 6) is -1.28. The van der Waals surface area contributed by atoms with Crippen LogP contribution in [-0.2, 0) is 41.7 Å². The summed E-state index contributed by atoms with van der Waals surface area (Å²) in [7, 11) is 1.50. The van der Waals surface area contributed by atoms with Crippen LogP contribution in [0.5, 0.6) is 0 Å². The molecule has 1 fully saturated rings. The second kappa shape index (κ2) is 12.4. The van der Waals surface area contributed by atoms with E-state index in [1.807, 2.05) is 60.7 Å². The number of benzene rings is 2. The number of aliphatic hydroxyl groups is 1. The first-order chi connectivity index (χ1) is 15.9. The number of ketones is 1. The van der Waals surface area contributed by atoms with E-state index in [1.165, 1.54) is 14.0 Å². The van der Waals surface area contributed by atoms with Gasteiger partial charge in [-0.25, -0.2) is 0 Å². The molecule has 0 radical (unpaired) electrons. The van der Waals surface area contributed by atoms with Gasteiger partial charge in [0.25, 0.3) is 0 Å². The standard InChI is InChI=1S/C26H34O7/c1-19(27)14-20(2)32-26(18-30-16-21-10-6-4-7-11-21)15-23(28)24(25(29-3)33-26)31-17-22-12-8-5-9-13-22/h4-13,20,23-25,28H,14-18H2,1-3H3/t20?,23-,24+,25+,26-/m0/s1. The molecular formula is C26H34O7. The van der Waals surface area contributed by atoms with Crippen molar-refractivity contribution in [1.29, 1.82) is 0 Å². The van der Waals surface area contributed by atoms with E-state index in [2.05, 4.69) is 0 Å². The first kappa shape index (κ1) is 25.5. The SMILES string of the molecule is CO[C@@H]1O[C@@](COCc2ccccc2)(OC(C)CC(C)=O)C[C@H](O)[C@H]1OCc1ccccc1. The van der Waals surface area contributed by atoms with E-state index in [-0.39, 0.29) is 25.2 Å². The summed E-state index contributed by atoms with van der Waals surface area (Å²) in [6, 6.07) is 19.5.